The summed E-state index contributed by atoms with van der Waals surface area (Å²) >= 11 is 0. The van der Waals surface area contributed by atoms with E-state index >= 15 is 0 Å². The highest BCUT2D eigenvalue weighted by Crippen LogP contribution is 2.32. The quantitative estimate of drug-likeness (QED) is 0.177. The first-order valence-electron chi connectivity index (χ1n) is 10.1. The molecule has 0 saturated carbocycles. The van der Waals surface area contributed by atoms with Crippen LogP contribution in [0.2, 0.25) is 0 Å². The van der Waals surface area contributed by atoms with E-state index in [4.69, 9.17) is 34.0 Å². The van der Waals surface area contributed by atoms with E-state index in [1.54, 1.807) is 13.0 Å². The molecule has 0 aliphatic carbocycles. The van der Waals surface area contributed by atoms with Crippen molar-refractivity contribution in [3.8, 4) is 5.75 Å². The number of nitrogens with zero attached hydrogens (tertiary/aromatic N) is 3. The summed E-state index contributed by atoms with van der Waals surface area (Å²) in [7, 11) is 0. The Hall–Kier alpha value is -3.83. The first-order valence-corrected chi connectivity index (χ1v) is 10.1. The van der Waals surface area contributed by atoms with E-state index in [2.05, 4.69) is 10.0 Å². The second kappa shape index (κ2) is 11.9. The van der Waals surface area contributed by atoms with Crippen molar-refractivity contribution >= 4 is 29.6 Å². The monoisotopic (exact) mass is 479 g/mol. The van der Waals surface area contributed by atoms with Gasteiger partial charge in [0, 0.05) is 38.3 Å². The lowest BCUT2D eigenvalue weighted by atomic mass is 9.98. The lowest BCUT2D eigenvalue weighted by Gasteiger charge is -2.44. The van der Waals surface area contributed by atoms with Gasteiger partial charge in [-0.25, -0.2) is 0 Å². The second-order valence-electron chi connectivity index (χ2n) is 7.32. The Kier molecular flexibility index (Phi) is 9.22. The fourth-order valence-corrected chi connectivity index (χ4v) is 3.29. The van der Waals surface area contributed by atoms with Crippen molar-refractivity contribution in [3.63, 3.8) is 0 Å². The lowest BCUT2D eigenvalue weighted by molar-refractivity contribution is -0.288. The summed E-state index contributed by atoms with van der Waals surface area (Å²) in [6, 6.07) is 4.56. The third kappa shape index (κ3) is 7.36. The fraction of sp³-hybridized carbons (Fsp3) is 0.524. The van der Waals surface area contributed by atoms with Gasteiger partial charge in [-0.1, -0.05) is 5.11 Å². The third-order valence-corrected chi connectivity index (χ3v) is 4.51. The van der Waals surface area contributed by atoms with E-state index in [1.165, 1.54) is 19.1 Å². The van der Waals surface area contributed by atoms with Gasteiger partial charge in [0.25, 0.3) is 0 Å². The Morgan fingerprint density at radius 2 is 1.53 bits per heavy atom. The SMILES string of the molecule is CC(=O)OC[C@@H]1OC(Oc2ccc(N=[N+]=[N-])cc2C)C(OC(C)=O)C(OC(C)=O)C1OC(C)=O. The molecule has 0 amide bonds. The predicted octanol–water partition coefficient (Wildman–Crippen LogP) is 2.40. The Morgan fingerprint density at radius 3 is 2.06 bits per heavy atom. The highest BCUT2D eigenvalue weighted by Gasteiger charge is 2.53. The Morgan fingerprint density at radius 1 is 0.941 bits per heavy atom. The molecule has 184 valence electrons. The van der Waals surface area contributed by atoms with E-state index in [0.717, 1.165) is 20.8 Å². The molecule has 1 saturated heterocycles. The van der Waals surface area contributed by atoms with E-state index in [0.29, 0.717) is 11.3 Å². The molecule has 1 heterocycles. The van der Waals surface area contributed by atoms with Gasteiger partial charge in [0.15, 0.2) is 12.2 Å². The van der Waals surface area contributed by atoms with Crippen LogP contribution in [-0.2, 0) is 42.9 Å². The molecule has 13 nitrogen and oxygen atoms in total. The number of hydrogen-bond acceptors (Lipinski definition) is 11. The van der Waals surface area contributed by atoms with Gasteiger partial charge < -0.3 is 28.4 Å². The number of benzene rings is 1. The molecule has 0 radical (unpaired) electrons. The zero-order chi connectivity index (χ0) is 25.4. The zero-order valence-electron chi connectivity index (χ0n) is 19.3. The van der Waals surface area contributed by atoms with Crippen LogP contribution in [-0.4, -0.2) is 61.2 Å². The van der Waals surface area contributed by atoms with E-state index in [9.17, 15) is 19.2 Å². The summed E-state index contributed by atoms with van der Waals surface area (Å²) in [5, 5.41) is 3.51. The van der Waals surface area contributed by atoms with E-state index in [1.807, 2.05) is 0 Å². The average Bonchev–Trinajstić information content (AvgIpc) is 2.72. The Labute approximate surface area is 194 Å². The Bertz CT molecular complexity index is 991. The van der Waals surface area contributed by atoms with Gasteiger partial charge in [0.05, 0.1) is 0 Å². The molecule has 0 spiro atoms. The minimum Gasteiger partial charge on any atom is -0.463 e. The van der Waals surface area contributed by atoms with Crippen molar-refractivity contribution < 1.29 is 47.6 Å². The molecular formula is C21H25N3O10. The molecule has 0 N–H and O–H groups in total. The molecule has 4 unspecified atom stereocenters. The number of azide groups is 1. The number of esters is 4. The van der Waals surface area contributed by atoms with Crippen LogP contribution in [0.15, 0.2) is 23.3 Å². The molecule has 5 atom stereocenters. The molecule has 1 fully saturated rings. The fourth-order valence-electron chi connectivity index (χ4n) is 3.29. The van der Waals surface area contributed by atoms with Gasteiger partial charge in [-0.3, -0.25) is 19.2 Å². The molecule has 1 aromatic rings. The van der Waals surface area contributed by atoms with Crippen LogP contribution in [0.4, 0.5) is 5.69 Å². The van der Waals surface area contributed by atoms with Crippen LogP contribution in [0.5, 0.6) is 5.75 Å². The van der Waals surface area contributed by atoms with Gasteiger partial charge in [-0.05, 0) is 36.2 Å². The maximum atomic E-state index is 11.9. The van der Waals surface area contributed by atoms with E-state index < -0.39 is 54.6 Å². The first kappa shape index (κ1) is 26.4. The second-order valence-corrected chi connectivity index (χ2v) is 7.32. The summed E-state index contributed by atoms with van der Waals surface area (Å²) in [5.41, 5.74) is 9.51. The van der Waals surface area contributed by atoms with Gasteiger partial charge >= 0.3 is 23.9 Å². The molecule has 0 aromatic heterocycles. The number of aryl methyl sites for hydroxylation is 1. The van der Waals surface area contributed by atoms with Gasteiger partial charge in [-0.15, -0.1) is 0 Å². The third-order valence-electron chi connectivity index (χ3n) is 4.51. The summed E-state index contributed by atoms with van der Waals surface area (Å²) in [5.74, 6) is -2.57. The molecule has 2 rings (SSSR count). The first-order chi connectivity index (χ1) is 16.0. The molecule has 34 heavy (non-hydrogen) atoms. The van der Waals surface area contributed by atoms with Crippen molar-refractivity contribution in [2.75, 3.05) is 6.61 Å². The van der Waals surface area contributed by atoms with Crippen molar-refractivity contribution in [2.24, 2.45) is 5.11 Å². The highest BCUT2D eigenvalue weighted by molar-refractivity contribution is 5.68. The van der Waals surface area contributed by atoms with Crippen LogP contribution >= 0.6 is 0 Å². The van der Waals surface area contributed by atoms with Crippen molar-refractivity contribution in [2.45, 2.75) is 65.3 Å². The van der Waals surface area contributed by atoms with Gasteiger partial charge in [-0.2, -0.15) is 0 Å². The minimum atomic E-state index is -1.36. The molecular weight excluding hydrogens is 454 g/mol. The van der Waals surface area contributed by atoms with E-state index in [-0.39, 0.29) is 12.4 Å². The number of carbonyl (C=O) groups is 4. The average molecular weight is 479 g/mol. The maximum absolute atomic E-state index is 11.9. The lowest BCUT2D eigenvalue weighted by Crippen LogP contribution is -2.63. The normalized spacial score (nSPS) is 23.6. The van der Waals surface area contributed by atoms with Crippen LogP contribution in [0.25, 0.3) is 10.4 Å². The molecule has 1 aliphatic heterocycles. The minimum absolute atomic E-state index is 0.276. The molecule has 1 aromatic carbocycles. The summed E-state index contributed by atoms with van der Waals surface area (Å²) in [6.45, 7) is 5.88. The van der Waals surface area contributed by atoms with Gasteiger partial charge in [0.1, 0.15) is 18.5 Å². The van der Waals surface area contributed by atoms with Crippen molar-refractivity contribution in [1.82, 2.24) is 0 Å². The topological polar surface area (TPSA) is 172 Å². The summed E-state index contributed by atoms with van der Waals surface area (Å²) in [6.07, 6.45) is -6.46. The van der Waals surface area contributed by atoms with Crippen LogP contribution in [0, 0.1) is 6.92 Å². The van der Waals surface area contributed by atoms with Crippen LogP contribution in [0.3, 0.4) is 0 Å². The molecule has 13 heteroatoms. The standard InChI is InChI=1S/C21H25N3O10/c1-10-8-15(23-24-22)6-7-16(10)33-21-20(32-14(5)28)19(31-13(4)27)18(30-12(3)26)17(34-21)9-29-11(2)25/h6-8,17-21H,9H2,1-5H3/t17-,18?,19?,20?,21?/m0/s1. The Balaban J connectivity index is 2.49. The summed E-state index contributed by atoms with van der Waals surface area (Å²) in [4.78, 5) is 49.6. The number of hydrogen-bond donors (Lipinski definition) is 0. The largest absolute Gasteiger partial charge is 0.463 e. The van der Waals surface area contributed by atoms with Crippen LogP contribution < -0.4 is 4.74 Å². The zero-order valence-corrected chi connectivity index (χ0v) is 19.3. The summed E-state index contributed by atoms with van der Waals surface area (Å²) < 4.78 is 32.8. The molecule has 1 aliphatic rings. The van der Waals surface area contributed by atoms with Crippen LogP contribution in [0.1, 0.15) is 33.3 Å². The van der Waals surface area contributed by atoms with Gasteiger partial charge in [0.2, 0.25) is 12.4 Å². The number of carbonyl (C=O) groups excluding carboxylic acids is 4. The maximum Gasteiger partial charge on any atom is 0.303 e. The smallest absolute Gasteiger partial charge is 0.303 e. The van der Waals surface area contributed by atoms with Crippen molar-refractivity contribution in [1.29, 1.82) is 0 Å². The number of ether oxygens (including phenoxy) is 6. The highest BCUT2D eigenvalue weighted by atomic mass is 16.7. The predicted molar refractivity (Wildman–Crippen MR) is 113 cm³/mol. The molecule has 0 bridgehead atoms. The van der Waals surface area contributed by atoms with Crippen molar-refractivity contribution in [3.05, 3.63) is 34.2 Å². The number of rotatable bonds is 8.